The first-order valence-corrected chi connectivity index (χ1v) is 3.61. The standard InChI is InChI=1S/C6H11N3S/c1-3-4-5(7)9(2)6(10)8-4/h3,7H2,1-2H3,(H,8,10). The summed E-state index contributed by atoms with van der Waals surface area (Å²) >= 11 is 4.96. The van der Waals surface area contributed by atoms with Crippen molar-refractivity contribution in [2.24, 2.45) is 7.05 Å². The number of anilines is 1. The number of nitrogens with two attached hydrogens (primary N) is 1. The van der Waals surface area contributed by atoms with Gasteiger partial charge in [0.25, 0.3) is 0 Å². The van der Waals surface area contributed by atoms with Gasteiger partial charge in [-0.1, -0.05) is 6.92 Å². The zero-order chi connectivity index (χ0) is 7.72. The average Bonchev–Trinajstić information content (AvgIpc) is 2.17. The molecule has 0 aromatic carbocycles. The monoisotopic (exact) mass is 157 g/mol. The molecule has 0 unspecified atom stereocenters. The third-order valence-corrected chi connectivity index (χ3v) is 1.96. The van der Waals surface area contributed by atoms with E-state index in [1.807, 2.05) is 14.0 Å². The Morgan fingerprint density at radius 3 is 2.50 bits per heavy atom. The van der Waals surface area contributed by atoms with Crippen LogP contribution in [0.25, 0.3) is 0 Å². The van der Waals surface area contributed by atoms with Crippen LogP contribution in [0.5, 0.6) is 0 Å². The Morgan fingerprint density at radius 2 is 2.30 bits per heavy atom. The van der Waals surface area contributed by atoms with Gasteiger partial charge < -0.3 is 15.3 Å². The lowest BCUT2D eigenvalue weighted by Gasteiger charge is -1.94. The fraction of sp³-hybridized carbons (Fsp3) is 0.500. The second kappa shape index (κ2) is 2.46. The number of hydrogen-bond donors (Lipinski definition) is 2. The maximum atomic E-state index is 5.68. The molecular formula is C6H11N3S. The molecule has 0 saturated heterocycles. The van der Waals surface area contributed by atoms with E-state index in [0.717, 1.165) is 17.9 Å². The van der Waals surface area contributed by atoms with E-state index in [2.05, 4.69) is 4.98 Å². The predicted octanol–water partition coefficient (Wildman–Crippen LogP) is 1.23. The molecule has 0 spiro atoms. The van der Waals surface area contributed by atoms with Crippen molar-refractivity contribution in [1.29, 1.82) is 0 Å². The molecule has 3 N–H and O–H groups in total. The highest BCUT2D eigenvalue weighted by Crippen LogP contribution is 2.09. The van der Waals surface area contributed by atoms with Crippen LogP contribution in [0.15, 0.2) is 0 Å². The molecule has 0 atom stereocenters. The Morgan fingerprint density at radius 1 is 1.70 bits per heavy atom. The molecule has 4 heteroatoms. The predicted molar refractivity (Wildman–Crippen MR) is 44.4 cm³/mol. The summed E-state index contributed by atoms with van der Waals surface area (Å²) in [6.07, 6.45) is 0.899. The molecule has 1 aromatic heterocycles. The molecule has 3 nitrogen and oxygen atoms in total. The van der Waals surface area contributed by atoms with E-state index in [-0.39, 0.29) is 0 Å². The van der Waals surface area contributed by atoms with Crippen LogP contribution in [0.1, 0.15) is 12.6 Å². The van der Waals surface area contributed by atoms with Gasteiger partial charge in [0, 0.05) is 7.05 Å². The van der Waals surface area contributed by atoms with Crippen LogP contribution in [0, 0.1) is 4.77 Å². The lowest BCUT2D eigenvalue weighted by Crippen LogP contribution is -1.97. The second-order valence-electron chi connectivity index (χ2n) is 2.21. The summed E-state index contributed by atoms with van der Waals surface area (Å²) in [4.78, 5) is 3.02. The molecule has 1 rings (SSSR count). The fourth-order valence-electron chi connectivity index (χ4n) is 0.858. The Labute approximate surface area is 64.9 Å². The molecule has 0 fully saturated rings. The maximum absolute atomic E-state index is 5.68. The van der Waals surface area contributed by atoms with Gasteiger partial charge in [-0.15, -0.1) is 0 Å². The van der Waals surface area contributed by atoms with E-state index in [9.17, 15) is 0 Å². The van der Waals surface area contributed by atoms with Crippen molar-refractivity contribution in [3.63, 3.8) is 0 Å². The number of aryl methyl sites for hydroxylation is 1. The highest BCUT2D eigenvalue weighted by molar-refractivity contribution is 7.71. The molecule has 0 amide bonds. The zero-order valence-electron chi connectivity index (χ0n) is 6.14. The number of nitrogen functional groups attached to an aromatic ring is 1. The molecule has 0 aliphatic heterocycles. The minimum Gasteiger partial charge on any atom is -0.384 e. The molecule has 56 valence electrons. The first-order chi connectivity index (χ1) is 4.66. The van der Waals surface area contributed by atoms with Crippen molar-refractivity contribution in [3.8, 4) is 0 Å². The molecular weight excluding hydrogens is 146 g/mol. The van der Waals surface area contributed by atoms with Gasteiger partial charge in [-0.3, -0.25) is 0 Å². The number of nitrogens with one attached hydrogen (secondary N) is 1. The number of aromatic nitrogens is 2. The highest BCUT2D eigenvalue weighted by Gasteiger charge is 2.01. The number of H-pyrrole nitrogens is 1. The minimum atomic E-state index is 0.689. The van der Waals surface area contributed by atoms with Crippen molar-refractivity contribution in [2.45, 2.75) is 13.3 Å². The SMILES string of the molecule is CCc1[nH]c(=S)n(C)c1N. The second-order valence-corrected chi connectivity index (χ2v) is 2.59. The van der Waals surface area contributed by atoms with E-state index in [4.69, 9.17) is 18.0 Å². The van der Waals surface area contributed by atoms with Gasteiger partial charge in [-0.25, -0.2) is 0 Å². The van der Waals surface area contributed by atoms with E-state index >= 15 is 0 Å². The highest BCUT2D eigenvalue weighted by atomic mass is 32.1. The van der Waals surface area contributed by atoms with Crippen LogP contribution < -0.4 is 5.73 Å². The quantitative estimate of drug-likeness (QED) is 0.602. The molecule has 10 heavy (non-hydrogen) atoms. The molecule has 0 aliphatic rings. The number of aromatic amines is 1. The first kappa shape index (κ1) is 7.34. The minimum absolute atomic E-state index is 0.689. The van der Waals surface area contributed by atoms with E-state index < -0.39 is 0 Å². The van der Waals surface area contributed by atoms with Crippen molar-refractivity contribution >= 4 is 18.0 Å². The summed E-state index contributed by atoms with van der Waals surface area (Å²) in [6.45, 7) is 2.04. The van der Waals surface area contributed by atoms with Crippen LogP contribution in [0.3, 0.4) is 0 Å². The Hall–Kier alpha value is -0.770. The molecule has 0 aliphatic carbocycles. The lowest BCUT2D eigenvalue weighted by atomic mass is 10.3. The van der Waals surface area contributed by atoms with Crippen molar-refractivity contribution in [1.82, 2.24) is 9.55 Å². The Balaban J connectivity index is 3.31. The van der Waals surface area contributed by atoms with Crippen LogP contribution in [0.2, 0.25) is 0 Å². The summed E-state index contributed by atoms with van der Waals surface area (Å²) in [5.74, 6) is 0.743. The van der Waals surface area contributed by atoms with Gasteiger partial charge in [-0.2, -0.15) is 0 Å². The molecule has 1 aromatic rings. The number of imidazole rings is 1. The Bertz CT molecular complexity index is 284. The van der Waals surface area contributed by atoms with Gasteiger partial charge >= 0.3 is 0 Å². The lowest BCUT2D eigenvalue weighted by molar-refractivity contribution is 0.906. The molecule has 0 bridgehead atoms. The molecule has 0 radical (unpaired) electrons. The van der Waals surface area contributed by atoms with Crippen molar-refractivity contribution < 1.29 is 0 Å². The average molecular weight is 157 g/mol. The summed E-state index contributed by atoms with van der Waals surface area (Å²) in [5.41, 5.74) is 6.70. The number of nitrogens with zero attached hydrogens (tertiary/aromatic N) is 1. The van der Waals surface area contributed by atoms with E-state index in [1.54, 1.807) is 4.57 Å². The topological polar surface area (TPSA) is 46.7 Å². The van der Waals surface area contributed by atoms with Crippen molar-refractivity contribution in [2.75, 3.05) is 5.73 Å². The summed E-state index contributed by atoms with van der Waals surface area (Å²) in [7, 11) is 1.85. The van der Waals surface area contributed by atoms with Crippen LogP contribution in [-0.2, 0) is 13.5 Å². The maximum Gasteiger partial charge on any atom is 0.178 e. The van der Waals surface area contributed by atoms with E-state index in [1.165, 1.54) is 0 Å². The Kier molecular flexibility index (Phi) is 1.80. The normalized spacial score (nSPS) is 10.2. The molecule has 1 heterocycles. The van der Waals surface area contributed by atoms with Crippen LogP contribution in [0.4, 0.5) is 5.82 Å². The largest absolute Gasteiger partial charge is 0.384 e. The van der Waals surface area contributed by atoms with Crippen LogP contribution in [-0.4, -0.2) is 9.55 Å². The zero-order valence-corrected chi connectivity index (χ0v) is 6.96. The van der Waals surface area contributed by atoms with Crippen molar-refractivity contribution in [3.05, 3.63) is 10.5 Å². The smallest absolute Gasteiger partial charge is 0.178 e. The summed E-state index contributed by atoms with van der Waals surface area (Å²) in [5, 5.41) is 0. The summed E-state index contributed by atoms with van der Waals surface area (Å²) in [6, 6.07) is 0. The van der Waals surface area contributed by atoms with Gasteiger partial charge in [-0.05, 0) is 18.6 Å². The van der Waals surface area contributed by atoms with Crippen LogP contribution >= 0.6 is 12.2 Å². The third kappa shape index (κ3) is 0.945. The third-order valence-electron chi connectivity index (χ3n) is 1.59. The number of hydrogen-bond acceptors (Lipinski definition) is 2. The molecule has 0 saturated carbocycles. The summed E-state index contributed by atoms with van der Waals surface area (Å²) < 4.78 is 2.46. The van der Waals surface area contributed by atoms with Gasteiger partial charge in [0.1, 0.15) is 5.82 Å². The van der Waals surface area contributed by atoms with Gasteiger partial charge in [0.15, 0.2) is 4.77 Å². The first-order valence-electron chi connectivity index (χ1n) is 3.20. The van der Waals surface area contributed by atoms with Gasteiger partial charge in [0.05, 0.1) is 5.69 Å². The van der Waals surface area contributed by atoms with E-state index in [0.29, 0.717) is 4.77 Å². The number of rotatable bonds is 1. The fourth-order valence-corrected chi connectivity index (χ4v) is 1.08. The van der Waals surface area contributed by atoms with Gasteiger partial charge in [0.2, 0.25) is 0 Å².